The summed E-state index contributed by atoms with van der Waals surface area (Å²) in [5.41, 5.74) is 0. The van der Waals surface area contributed by atoms with Crippen LogP contribution in [0.1, 0.15) is 34.1 Å². The van der Waals surface area contributed by atoms with Crippen LogP contribution in [0.2, 0.25) is 0 Å². The summed E-state index contributed by atoms with van der Waals surface area (Å²) in [4.78, 5) is 26.6. The second kappa shape index (κ2) is 8.06. The highest BCUT2D eigenvalue weighted by Gasteiger charge is 2.24. The normalized spacial score (nSPS) is 12.1. The van der Waals surface area contributed by atoms with E-state index in [1.807, 2.05) is 27.7 Å². The Balaban J connectivity index is 4.38. The van der Waals surface area contributed by atoms with Gasteiger partial charge >= 0.3 is 0 Å². The van der Waals surface area contributed by atoms with Crippen molar-refractivity contribution in [3.05, 3.63) is 0 Å². The Labute approximate surface area is 103 Å². The summed E-state index contributed by atoms with van der Waals surface area (Å²) in [5.74, 6) is -0.543. The smallest absolute Gasteiger partial charge is 0.251 e. The molecule has 17 heavy (non-hydrogen) atoms. The van der Waals surface area contributed by atoms with Crippen LogP contribution in [-0.2, 0) is 9.59 Å². The average Bonchev–Trinajstić information content (AvgIpc) is 2.31. The fourth-order valence-electron chi connectivity index (χ4n) is 1.70. The lowest BCUT2D eigenvalue weighted by molar-refractivity contribution is -0.145. The van der Waals surface area contributed by atoms with E-state index in [1.165, 1.54) is 4.90 Å². The van der Waals surface area contributed by atoms with Gasteiger partial charge in [-0.05, 0) is 27.7 Å². The molecule has 0 aromatic heterocycles. The van der Waals surface area contributed by atoms with E-state index in [2.05, 4.69) is 0 Å². The first kappa shape index (κ1) is 15.9. The summed E-state index contributed by atoms with van der Waals surface area (Å²) in [5, 5.41) is 9.72. The zero-order chi connectivity index (χ0) is 13.4. The lowest BCUT2D eigenvalue weighted by Gasteiger charge is -2.24. The van der Waals surface area contributed by atoms with Gasteiger partial charge in [-0.25, -0.2) is 0 Å². The first-order valence-corrected chi connectivity index (χ1v) is 6.26. The molecule has 1 N–H and O–H groups in total. The molecule has 0 bridgehead atoms. The predicted octanol–water partition coefficient (Wildman–Crippen LogP) is 0.474. The molecule has 0 aromatic carbocycles. The summed E-state index contributed by atoms with van der Waals surface area (Å²) in [6.45, 7) is 9.74. The van der Waals surface area contributed by atoms with Crippen molar-refractivity contribution < 1.29 is 14.7 Å². The number of carbonyl (C=O) groups excluding carboxylic acids is 2. The highest BCUT2D eigenvalue weighted by atomic mass is 16.3. The summed E-state index contributed by atoms with van der Waals surface area (Å²) < 4.78 is 0. The van der Waals surface area contributed by atoms with E-state index in [0.29, 0.717) is 26.2 Å². The minimum Gasteiger partial charge on any atom is -0.383 e. The van der Waals surface area contributed by atoms with Gasteiger partial charge in [-0.15, -0.1) is 0 Å². The van der Waals surface area contributed by atoms with Gasteiger partial charge in [0.25, 0.3) is 5.91 Å². The molecular weight excluding hydrogens is 220 g/mol. The number of hydrogen-bond donors (Lipinski definition) is 1. The van der Waals surface area contributed by atoms with E-state index >= 15 is 0 Å². The number of likely N-dealkylation sites (N-methyl/N-ethyl adjacent to an activating group) is 1. The third-order valence-corrected chi connectivity index (χ3v) is 2.84. The molecular formula is C12H24N2O3. The van der Waals surface area contributed by atoms with Gasteiger partial charge in [-0.2, -0.15) is 0 Å². The third kappa shape index (κ3) is 4.73. The standard InChI is InChI=1S/C12H24N2O3/c1-5-13(6-2)11(16)9-10(15)12(17)14(7-3)8-4/h10,15H,5-9H2,1-4H3. The van der Waals surface area contributed by atoms with Gasteiger partial charge in [0, 0.05) is 26.2 Å². The van der Waals surface area contributed by atoms with E-state index in [4.69, 9.17) is 0 Å². The molecule has 0 aliphatic carbocycles. The van der Waals surface area contributed by atoms with Gasteiger partial charge in [0.1, 0.15) is 6.10 Å². The maximum Gasteiger partial charge on any atom is 0.251 e. The minimum absolute atomic E-state index is 0.128. The van der Waals surface area contributed by atoms with Gasteiger partial charge in [0.05, 0.1) is 6.42 Å². The lowest BCUT2D eigenvalue weighted by Crippen LogP contribution is -2.42. The quantitative estimate of drug-likeness (QED) is 0.708. The Morgan fingerprint density at radius 2 is 1.35 bits per heavy atom. The molecule has 0 aromatic rings. The summed E-state index contributed by atoms with van der Waals surface area (Å²) >= 11 is 0. The van der Waals surface area contributed by atoms with Crippen molar-refractivity contribution in [1.29, 1.82) is 0 Å². The van der Waals surface area contributed by atoms with Crippen LogP contribution in [-0.4, -0.2) is 59.0 Å². The van der Waals surface area contributed by atoms with E-state index in [0.717, 1.165) is 0 Å². The second-order valence-corrected chi connectivity index (χ2v) is 3.80. The van der Waals surface area contributed by atoms with Gasteiger partial charge < -0.3 is 14.9 Å². The Morgan fingerprint density at radius 1 is 0.941 bits per heavy atom. The number of aliphatic hydroxyl groups is 1. The Hall–Kier alpha value is -1.10. The van der Waals surface area contributed by atoms with E-state index in [1.54, 1.807) is 4.90 Å². The van der Waals surface area contributed by atoms with Crippen LogP contribution in [0.15, 0.2) is 0 Å². The van der Waals surface area contributed by atoms with Crippen LogP contribution in [0.25, 0.3) is 0 Å². The number of nitrogens with zero attached hydrogens (tertiary/aromatic N) is 2. The van der Waals surface area contributed by atoms with Crippen molar-refractivity contribution in [2.75, 3.05) is 26.2 Å². The molecule has 0 fully saturated rings. The summed E-state index contributed by atoms with van der Waals surface area (Å²) in [6, 6.07) is 0. The maximum atomic E-state index is 11.7. The molecule has 1 atom stereocenters. The molecule has 2 amide bonds. The topological polar surface area (TPSA) is 60.9 Å². The molecule has 5 nitrogen and oxygen atoms in total. The van der Waals surface area contributed by atoms with Crippen molar-refractivity contribution in [3.8, 4) is 0 Å². The monoisotopic (exact) mass is 244 g/mol. The largest absolute Gasteiger partial charge is 0.383 e. The molecule has 0 aliphatic rings. The molecule has 0 aliphatic heterocycles. The number of aliphatic hydroxyl groups excluding tert-OH is 1. The van der Waals surface area contributed by atoms with Gasteiger partial charge in [-0.3, -0.25) is 9.59 Å². The first-order chi connectivity index (χ1) is 8.01. The fourth-order valence-corrected chi connectivity index (χ4v) is 1.70. The average molecular weight is 244 g/mol. The van der Waals surface area contributed by atoms with Crippen LogP contribution in [0.3, 0.4) is 0 Å². The van der Waals surface area contributed by atoms with E-state index in [9.17, 15) is 14.7 Å². The minimum atomic E-state index is -1.22. The fraction of sp³-hybridized carbons (Fsp3) is 0.833. The number of carbonyl (C=O) groups is 2. The van der Waals surface area contributed by atoms with Crippen molar-refractivity contribution in [2.45, 2.75) is 40.2 Å². The van der Waals surface area contributed by atoms with Crippen LogP contribution in [0.4, 0.5) is 0 Å². The second-order valence-electron chi connectivity index (χ2n) is 3.80. The van der Waals surface area contributed by atoms with E-state index in [-0.39, 0.29) is 18.2 Å². The van der Waals surface area contributed by atoms with Crippen LogP contribution in [0, 0.1) is 0 Å². The Morgan fingerprint density at radius 3 is 1.71 bits per heavy atom. The molecule has 0 rings (SSSR count). The Kier molecular flexibility index (Phi) is 7.54. The summed E-state index contributed by atoms with van der Waals surface area (Å²) in [6.07, 6.45) is -1.35. The Bertz CT molecular complexity index is 248. The zero-order valence-electron chi connectivity index (χ0n) is 11.3. The highest BCUT2D eigenvalue weighted by molar-refractivity contribution is 5.87. The van der Waals surface area contributed by atoms with Gasteiger partial charge in [0.2, 0.25) is 5.91 Å². The zero-order valence-corrected chi connectivity index (χ0v) is 11.3. The van der Waals surface area contributed by atoms with Crippen LogP contribution >= 0.6 is 0 Å². The van der Waals surface area contributed by atoms with Crippen molar-refractivity contribution in [1.82, 2.24) is 9.80 Å². The predicted molar refractivity (Wildman–Crippen MR) is 66.5 cm³/mol. The van der Waals surface area contributed by atoms with Crippen molar-refractivity contribution in [2.24, 2.45) is 0 Å². The van der Waals surface area contributed by atoms with Gasteiger partial charge in [0.15, 0.2) is 0 Å². The molecule has 0 spiro atoms. The molecule has 0 saturated heterocycles. The molecule has 1 unspecified atom stereocenters. The van der Waals surface area contributed by atoms with E-state index < -0.39 is 6.10 Å². The third-order valence-electron chi connectivity index (χ3n) is 2.84. The van der Waals surface area contributed by atoms with Gasteiger partial charge in [-0.1, -0.05) is 0 Å². The number of amides is 2. The van der Waals surface area contributed by atoms with Crippen molar-refractivity contribution >= 4 is 11.8 Å². The van der Waals surface area contributed by atoms with Crippen molar-refractivity contribution in [3.63, 3.8) is 0 Å². The number of rotatable bonds is 7. The molecule has 0 radical (unpaired) electrons. The van der Waals surface area contributed by atoms with Crippen LogP contribution < -0.4 is 0 Å². The SMILES string of the molecule is CCN(CC)C(=O)CC(O)C(=O)N(CC)CC. The molecule has 100 valence electrons. The molecule has 0 heterocycles. The summed E-state index contributed by atoms with van der Waals surface area (Å²) in [7, 11) is 0. The molecule has 5 heteroatoms. The maximum absolute atomic E-state index is 11.7. The lowest BCUT2D eigenvalue weighted by atomic mass is 10.2. The van der Waals surface area contributed by atoms with Crippen LogP contribution in [0.5, 0.6) is 0 Å². The highest BCUT2D eigenvalue weighted by Crippen LogP contribution is 2.03. The molecule has 0 saturated carbocycles. The first-order valence-electron chi connectivity index (χ1n) is 6.26. The number of hydrogen-bond acceptors (Lipinski definition) is 3.